The van der Waals surface area contributed by atoms with Gasteiger partial charge < -0.3 is 28.4 Å². The predicted octanol–water partition coefficient (Wildman–Crippen LogP) is 5.81. The smallest absolute Gasteiger partial charge is 0.326 e. The lowest BCUT2D eigenvalue weighted by Crippen LogP contribution is -2.41. The number of benzene rings is 2. The monoisotopic (exact) mass is 768 g/mol. The van der Waals surface area contributed by atoms with Gasteiger partial charge in [0.25, 0.3) is 16.0 Å². The number of nitrogens with two attached hydrogens (primary N) is 1. The molecule has 2 aromatic carbocycles. The average molecular weight is 769 g/mol. The largest absolute Gasteiger partial charge is 0.465 e. The zero-order chi connectivity index (χ0) is 37.5. The predicted molar refractivity (Wildman–Crippen MR) is 196 cm³/mol. The first-order valence-corrected chi connectivity index (χ1v) is 19.6. The first-order chi connectivity index (χ1) is 25.1. The SMILES string of the molecule is CCOC(=O)CN(c1cc(F)c2nc([C@@H]3CC34CCN(c3cccc5c3OC(C)(c3ccc(Cl)cn3)O5)CC4)n([C@@H]3COCC3(C)C)c2c1)S(N)(=O)=O. The van der Waals surface area contributed by atoms with Gasteiger partial charge in [0.2, 0.25) is 0 Å². The van der Waals surface area contributed by atoms with Crippen molar-refractivity contribution < 1.29 is 36.6 Å². The van der Waals surface area contributed by atoms with Gasteiger partial charge in [0.1, 0.15) is 23.6 Å². The molecule has 2 N–H and O–H groups in total. The Morgan fingerprint density at radius 3 is 2.58 bits per heavy atom. The number of hydrogen-bond donors (Lipinski definition) is 1. The van der Waals surface area contributed by atoms with Crippen molar-refractivity contribution in [3.63, 3.8) is 0 Å². The highest BCUT2D eigenvalue weighted by Crippen LogP contribution is 2.66. The van der Waals surface area contributed by atoms with Crippen molar-refractivity contribution in [3.05, 3.63) is 71.0 Å². The van der Waals surface area contributed by atoms with E-state index < -0.39 is 34.3 Å². The van der Waals surface area contributed by atoms with E-state index in [0.29, 0.717) is 45.3 Å². The number of esters is 1. The van der Waals surface area contributed by atoms with Crippen LogP contribution in [-0.4, -0.2) is 68.4 Å². The minimum atomic E-state index is -4.46. The van der Waals surface area contributed by atoms with Gasteiger partial charge >= 0.3 is 5.97 Å². The number of fused-ring (bicyclic) bond motifs is 2. The van der Waals surface area contributed by atoms with Crippen LogP contribution >= 0.6 is 11.6 Å². The highest BCUT2D eigenvalue weighted by molar-refractivity contribution is 7.90. The number of aromatic nitrogens is 3. The van der Waals surface area contributed by atoms with E-state index in [-0.39, 0.29) is 40.6 Å². The van der Waals surface area contributed by atoms with Crippen molar-refractivity contribution in [1.29, 1.82) is 0 Å². The lowest BCUT2D eigenvalue weighted by molar-refractivity contribution is -0.141. The van der Waals surface area contributed by atoms with Gasteiger partial charge in [0.05, 0.1) is 47.8 Å². The first kappa shape index (κ1) is 35.8. The topological polar surface area (TPSA) is 151 Å². The third-order valence-electron chi connectivity index (χ3n) is 11.3. The van der Waals surface area contributed by atoms with Crippen LogP contribution in [0.15, 0.2) is 48.7 Å². The third-order valence-corrected chi connectivity index (χ3v) is 12.4. The van der Waals surface area contributed by atoms with Crippen LogP contribution in [-0.2, 0) is 30.3 Å². The van der Waals surface area contributed by atoms with E-state index >= 15 is 4.39 Å². The molecule has 0 radical (unpaired) electrons. The molecule has 1 unspecified atom stereocenters. The summed E-state index contributed by atoms with van der Waals surface area (Å²) < 4.78 is 67.9. The standard InChI is InChI=1S/C37H42ClFN6O7S/c1-5-50-31(46)19-44(53(40,47)48)23-15-25(39)32-27(16-23)45(30-20-49-21-35(30,2)3)34(42-32)24-17-37(24)11-13-43(14-12-37)26-7-6-8-28-33(26)52-36(4,51-28)29-10-9-22(38)18-41-29/h6-10,15-16,18,24,30H,5,11-14,17,19-21H2,1-4H3,(H2,40,47,48)/t24-,30+,36?/m0/s1. The first-order valence-electron chi connectivity index (χ1n) is 17.8. The second-order valence-electron chi connectivity index (χ2n) is 15.2. The number of halogens is 2. The van der Waals surface area contributed by atoms with Crippen molar-refractivity contribution in [2.45, 2.75) is 64.7 Å². The van der Waals surface area contributed by atoms with Gasteiger partial charge in [-0.2, -0.15) is 8.42 Å². The molecule has 3 atom stereocenters. The molecular formula is C37H42ClFN6O7S. The average Bonchev–Trinajstić information content (AvgIpc) is 3.33. The highest BCUT2D eigenvalue weighted by atomic mass is 35.5. The van der Waals surface area contributed by atoms with Crippen LogP contribution in [0.1, 0.15) is 70.4 Å². The number of nitrogens with zero attached hydrogens (tertiary/aromatic N) is 5. The number of piperidine rings is 1. The molecule has 2 saturated heterocycles. The minimum absolute atomic E-state index is 0.0468. The summed E-state index contributed by atoms with van der Waals surface area (Å²) in [6, 6.07) is 11.9. The zero-order valence-electron chi connectivity index (χ0n) is 30.0. The number of imidazole rings is 1. The quantitative estimate of drug-likeness (QED) is 0.207. The number of pyridine rings is 1. The maximum atomic E-state index is 16.1. The van der Waals surface area contributed by atoms with Gasteiger partial charge in [-0.15, -0.1) is 0 Å². The molecule has 5 heterocycles. The molecule has 3 fully saturated rings. The summed E-state index contributed by atoms with van der Waals surface area (Å²) in [5, 5.41) is 6.07. The fourth-order valence-electron chi connectivity index (χ4n) is 8.27. The molecule has 4 aromatic rings. The molecule has 1 spiro atoms. The molecule has 282 valence electrons. The normalized spacial score (nSPS) is 24.2. The molecule has 16 heteroatoms. The molecule has 13 nitrogen and oxygen atoms in total. The summed E-state index contributed by atoms with van der Waals surface area (Å²) in [6.07, 6.45) is 4.20. The van der Waals surface area contributed by atoms with E-state index in [0.717, 1.165) is 49.9 Å². The number of hydrogen-bond acceptors (Lipinski definition) is 10. The van der Waals surface area contributed by atoms with Crippen LogP contribution in [0.2, 0.25) is 5.02 Å². The second kappa shape index (κ2) is 12.7. The van der Waals surface area contributed by atoms with Gasteiger partial charge in [0, 0.05) is 43.6 Å². The van der Waals surface area contributed by atoms with Gasteiger partial charge in [-0.1, -0.05) is 31.5 Å². The van der Waals surface area contributed by atoms with Crippen molar-refractivity contribution in [3.8, 4) is 11.5 Å². The molecule has 53 heavy (non-hydrogen) atoms. The molecule has 8 rings (SSSR count). The van der Waals surface area contributed by atoms with Crippen LogP contribution in [0.5, 0.6) is 11.5 Å². The fourth-order valence-corrected chi connectivity index (χ4v) is 9.07. The van der Waals surface area contributed by atoms with E-state index in [1.165, 1.54) is 0 Å². The Kier molecular flexibility index (Phi) is 8.59. The molecule has 2 aromatic heterocycles. The molecular weight excluding hydrogens is 727 g/mol. The molecule has 0 bridgehead atoms. The van der Waals surface area contributed by atoms with E-state index in [1.54, 1.807) is 31.3 Å². The summed E-state index contributed by atoms with van der Waals surface area (Å²) >= 11 is 6.08. The lowest BCUT2D eigenvalue weighted by atomic mass is 9.87. The van der Waals surface area contributed by atoms with Crippen molar-refractivity contribution in [2.75, 3.05) is 48.7 Å². The molecule has 0 amide bonds. The van der Waals surface area contributed by atoms with E-state index in [2.05, 4.69) is 23.7 Å². The van der Waals surface area contributed by atoms with Gasteiger partial charge in [-0.05, 0) is 61.9 Å². The molecule has 1 saturated carbocycles. The fraction of sp³-hybridized carbons (Fsp3) is 0.486. The van der Waals surface area contributed by atoms with E-state index in [9.17, 15) is 13.2 Å². The maximum Gasteiger partial charge on any atom is 0.326 e. The van der Waals surface area contributed by atoms with Crippen LogP contribution in [0.25, 0.3) is 11.0 Å². The maximum absolute atomic E-state index is 16.1. The van der Waals surface area contributed by atoms with Crippen LogP contribution < -0.4 is 23.8 Å². The summed E-state index contributed by atoms with van der Waals surface area (Å²) in [5.41, 5.74) is 1.65. The zero-order valence-corrected chi connectivity index (χ0v) is 31.5. The Morgan fingerprint density at radius 2 is 1.92 bits per heavy atom. The molecule has 4 aliphatic rings. The Hall–Kier alpha value is -4.18. The number of ether oxygens (including phenoxy) is 4. The summed E-state index contributed by atoms with van der Waals surface area (Å²) in [7, 11) is -4.46. The van der Waals surface area contributed by atoms with Crippen LogP contribution in [0, 0.1) is 16.6 Å². The Bertz CT molecular complexity index is 2210. The number of carbonyl (C=O) groups is 1. The van der Waals surface area contributed by atoms with E-state index in [1.807, 2.05) is 29.7 Å². The lowest BCUT2D eigenvalue weighted by Gasteiger charge is -2.35. The number of rotatable bonds is 9. The Labute approximate surface area is 312 Å². The van der Waals surface area contributed by atoms with Gasteiger partial charge in [-0.25, -0.2) is 18.8 Å². The Morgan fingerprint density at radius 1 is 1.15 bits per heavy atom. The third kappa shape index (κ3) is 6.24. The van der Waals surface area contributed by atoms with Gasteiger partial charge in [0.15, 0.2) is 17.3 Å². The van der Waals surface area contributed by atoms with Gasteiger partial charge in [-0.3, -0.25) is 9.78 Å². The van der Waals surface area contributed by atoms with Crippen molar-refractivity contribution in [1.82, 2.24) is 14.5 Å². The van der Waals surface area contributed by atoms with E-state index in [4.69, 9.17) is 40.7 Å². The van der Waals surface area contributed by atoms with Crippen LogP contribution in [0.3, 0.4) is 0 Å². The number of anilines is 2. The van der Waals surface area contributed by atoms with Crippen molar-refractivity contribution in [2.24, 2.45) is 16.0 Å². The summed E-state index contributed by atoms with van der Waals surface area (Å²) in [5.74, 6) is -0.501. The minimum Gasteiger partial charge on any atom is -0.465 e. The number of para-hydroxylation sites is 1. The summed E-state index contributed by atoms with van der Waals surface area (Å²) in [6.45, 7) is 9.41. The summed E-state index contributed by atoms with van der Waals surface area (Å²) in [4.78, 5) is 24.1. The molecule has 3 aliphatic heterocycles. The van der Waals surface area contributed by atoms with Crippen LogP contribution in [0.4, 0.5) is 15.8 Å². The number of carbonyl (C=O) groups excluding carboxylic acids is 1. The molecule has 1 aliphatic carbocycles. The Balaban J connectivity index is 1.09. The van der Waals surface area contributed by atoms with Crippen molar-refractivity contribution >= 4 is 50.2 Å². The highest BCUT2D eigenvalue weighted by Gasteiger charge is 2.58. The second-order valence-corrected chi connectivity index (χ2v) is 17.1.